The maximum atomic E-state index is 11.4. The lowest BCUT2D eigenvalue weighted by molar-refractivity contribution is 0.101. The number of nitrogens with one attached hydrogen (secondary N) is 2. The van der Waals surface area contributed by atoms with Crippen molar-refractivity contribution in [2.75, 3.05) is 10.6 Å². The van der Waals surface area contributed by atoms with Gasteiger partial charge < -0.3 is 10.6 Å². The molecule has 0 bridgehead atoms. The Morgan fingerprint density at radius 3 is 2.68 bits per heavy atom. The molecule has 0 atom stereocenters. The molecule has 1 fully saturated rings. The number of aromatic nitrogens is 2. The number of anilines is 3. The highest BCUT2D eigenvalue weighted by Gasteiger charge is 2.15. The zero-order valence-corrected chi connectivity index (χ0v) is 12.7. The van der Waals surface area contributed by atoms with Crippen LogP contribution in [0.1, 0.15) is 43.0 Å². The molecule has 1 aliphatic carbocycles. The molecule has 1 heterocycles. The van der Waals surface area contributed by atoms with E-state index in [1.54, 1.807) is 19.3 Å². The molecule has 3 rings (SSSR count). The Bertz CT molecular complexity index is 665. The van der Waals surface area contributed by atoms with Gasteiger partial charge in [0.2, 0.25) is 0 Å². The Hall–Kier alpha value is -2.43. The highest BCUT2D eigenvalue weighted by Crippen LogP contribution is 2.23. The van der Waals surface area contributed by atoms with Crippen LogP contribution in [0.2, 0.25) is 0 Å². The molecule has 0 unspecified atom stereocenters. The van der Waals surface area contributed by atoms with Gasteiger partial charge in [-0.25, -0.2) is 9.97 Å². The first-order valence-corrected chi connectivity index (χ1v) is 7.67. The monoisotopic (exact) mass is 296 g/mol. The van der Waals surface area contributed by atoms with E-state index in [1.165, 1.54) is 25.7 Å². The molecular weight excluding hydrogens is 276 g/mol. The van der Waals surface area contributed by atoms with E-state index >= 15 is 0 Å². The number of Topliss-reactive ketones (excluding diaryl/α,β-unsaturated/α-hetero) is 1. The van der Waals surface area contributed by atoms with Gasteiger partial charge in [0.25, 0.3) is 0 Å². The average molecular weight is 296 g/mol. The summed E-state index contributed by atoms with van der Waals surface area (Å²) in [5.74, 6) is 1.61. The number of nitrogens with zero attached hydrogens (tertiary/aromatic N) is 2. The van der Waals surface area contributed by atoms with Crippen LogP contribution in [0, 0.1) is 0 Å². The van der Waals surface area contributed by atoms with Crippen LogP contribution in [0.25, 0.3) is 0 Å². The van der Waals surface area contributed by atoms with E-state index in [0.717, 1.165) is 17.3 Å². The van der Waals surface area contributed by atoms with Crippen LogP contribution in [0.4, 0.5) is 17.3 Å². The summed E-state index contributed by atoms with van der Waals surface area (Å²) >= 11 is 0. The van der Waals surface area contributed by atoms with Crippen molar-refractivity contribution >= 4 is 23.1 Å². The van der Waals surface area contributed by atoms with Crippen LogP contribution in [0.5, 0.6) is 0 Å². The quantitative estimate of drug-likeness (QED) is 0.822. The summed E-state index contributed by atoms with van der Waals surface area (Å²) in [6.07, 6.45) is 6.52. The molecule has 1 aromatic carbocycles. The number of carbonyl (C=O) groups excluding carboxylic acids is 1. The maximum Gasteiger partial charge on any atom is 0.159 e. The molecule has 2 N–H and O–H groups in total. The van der Waals surface area contributed by atoms with Gasteiger partial charge in [0.05, 0.1) is 0 Å². The number of rotatable bonds is 5. The molecule has 2 aromatic rings. The second kappa shape index (κ2) is 6.56. The van der Waals surface area contributed by atoms with E-state index < -0.39 is 0 Å². The Balaban J connectivity index is 1.72. The van der Waals surface area contributed by atoms with E-state index in [9.17, 15) is 4.79 Å². The minimum Gasteiger partial charge on any atom is -0.367 e. The normalized spacial score (nSPS) is 14.8. The van der Waals surface area contributed by atoms with E-state index in [1.807, 2.05) is 24.3 Å². The molecule has 5 nitrogen and oxygen atoms in total. The predicted octanol–water partition coefficient (Wildman–Crippen LogP) is 3.78. The van der Waals surface area contributed by atoms with Gasteiger partial charge in [0.1, 0.15) is 18.0 Å². The first kappa shape index (κ1) is 14.5. The number of hydrogen-bond donors (Lipinski definition) is 2. The highest BCUT2D eigenvalue weighted by molar-refractivity contribution is 5.95. The fraction of sp³-hybridized carbons (Fsp3) is 0.353. The second-order valence-corrected chi connectivity index (χ2v) is 5.68. The second-order valence-electron chi connectivity index (χ2n) is 5.68. The third-order valence-corrected chi connectivity index (χ3v) is 3.92. The molecule has 0 amide bonds. The third kappa shape index (κ3) is 3.61. The summed E-state index contributed by atoms with van der Waals surface area (Å²) < 4.78 is 0. The van der Waals surface area contributed by atoms with Gasteiger partial charge in [0, 0.05) is 23.4 Å². The van der Waals surface area contributed by atoms with Gasteiger partial charge in [-0.2, -0.15) is 0 Å². The molecule has 5 heteroatoms. The van der Waals surface area contributed by atoms with Crippen molar-refractivity contribution in [2.45, 2.75) is 38.6 Å². The lowest BCUT2D eigenvalue weighted by Gasteiger charge is -2.13. The summed E-state index contributed by atoms with van der Waals surface area (Å²) in [5.41, 5.74) is 1.53. The number of hydrogen-bond acceptors (Lipinski definition) is 5. The fourth-order valence-corrected chi connectivity index (χ4v) is 2.75. The van der Waals surface area contributed by atoms with Crippen molar-refractivity contribution in [3.63, 3.8) is 0 Å². The van der Waals surface area contributed by atoms with Gasteiger partial charge in [-0.1, -0.05) is 25.0 Å². The maximum absolute atomic E-state index is 11.4. The molecule has 0 spiro atoms. The standard InChI is InChI=1S/C17H20N4O/c1-12(22)13-5-4-8-15(9-13)21-17-10-16(18-11-19-17)20-14-6-2-3-7-14/h4-5,8-11,14H,2-3,6-7H2,1H3,(H2,18,19,20,21). The van der Waals surface area contributed by atoms with Gasteiger partial charge in [-0.3, -0.25) is 4.79 Å². The SMILES string of the molecule is CC(=O)c1cccc(Nc2cc(NC3CCCC3)ncn2)c1. The Morgan fingerprint density at radius 2 is 1.91 bits per heavy atom. The van der Waals surface area contributed by atoms with Crippen molar-refractivity contribution in [2.24, 2.45) is 0 Å². The molecule has 0 radical (unpaired) electrons. The Labute approximate surface area is 130 Å². The topological polar surface area (TPSA) is 66.9 Å². The minimum absolute atomic E-state index is 0.0509. The number of benzene rings is 1. The van der Waals surface area contributed by atoms with Crippen molar-refractivity contribution in [3.05, 3.63) is 42.2 Å². The molecule has 0 saturated heterocycles. The summed E-state index contributed by atoms with van der Waals surface area (Å²) in [6, 6.07) is 9.83. The van der Waals surface area contributed by atoms with Gasteiger partial charge >= 0.3 is 0 Å². The van der Waals surface area contributed by atoms with Crippen molar-refractivity contribution in [3.8, 4) is 0 Å². The van der Waals surface area contributed by atoms with Gasteiger partial charge in [-0.05, 0) is 31.9 Å². The predicted molar refractivity (Wildman–Crippen MR) is 87.6 cm³/mol. The molecule has 1 aromatic heterocycles. The smallest absolute Gasteiger partial charge is 0.159 e. The van der Waals surface area contributed by atoms with E-state index in [2.05, 4.69) is 20.6 Å². The molecule has 1 saturated carbocycles. The van der Waals surface area contributed by atoms with Gasteiger partial charge in [-0.15, -0.1) is 0 Å². The van der Waals surface area contributed by atoms with Crippen molar-refractivity contribution < 1.29 is 4.79 Å². The third-order valence-electron chi connectivity index (χ3n) is 3.92. The molecule has 1 aliphatic rings. The summed E-state index contributed by atoms with van der Waals surface area (Å²) in [7, 11) is 0. The minimum atomic E-state index is 0.0509. The summed E-state index contributed by atoms with van der Waals surface area (Å²) in [6.45, 7) is 1.56. The van der Waals surface area contributed by atoms with Crippen LogP contribution in [0.3, 0.4) is 0 Å². The number of ketones is 1. The van der Waals surface area contributed by atoms with Crippen LogP contribution >= 0.6 is 0 Å². The van der Waals surface area contributed by atoms with Gasteiger partial charge in [0.15, 0.2) is 5.78 Å². The van der Waals surface area contributed by atoms with Crippen LogP contribution in [-0.4, -0.2) is 21.8 Å². The molecule has 114 valence electrons. The zero-order valence-electron chi connectivity index (χ0n) is 12.7. The first-order chi connectivity index (χ1) is 10.7. The van der Waals surface area contributed by atoms with E-state index in [4.69, 9.17) is 0 Å². The zero-order chi connectivity index (χ0) is 15.4. The highest BCUT2D eigenvalue weighted by atomic mass is 16.1. The van der Waals surface area contributed by atoms with Crippen LogP contribution < -0.4 is 10.6 Å². The van der Waals surface area contributed by atoms with Crippen LogP contribution in [0.15, 0.2) is 36.7 Å². The summed E-state index contributed by atoms with van der Waals surface area (Å²) in [5, 5.41) is 6.67. The number of carbonyl (C=O) groups is 1. The lowest BCUT2D eigenvalue weighted by atomic mass is 10.1. The lowest BCUT2D eigenvalue weighted by Crippen LogP contribution is -2.15. The Morgan fingerprint density at radius 1 is 1.14 bits per heavy atom. The largest absolute Gasteiger partial charge is 0.367 e. The average Bonchev–Trinajstić information content (AvgIpc) is 3.01. The van der Waals surface area contributed by atoms with Crippen molar-refractivity contribution in [1.29, 1.82) is 0 Å². The fourth-order valence-electron chi connectivity index (χ4n) is 2.75. The first-order valence-electron chi connectivity index (χ1n) is 7.67. The van der Waals surface area contributed by atoms with E-state index in [0.29, 0.717) is 11.6 Å². The van der Waals surface area contributed by atoms with Crippen LogP contribution in [-0.2, 0) is 0 Å². The summed E-state index contributed by atoms with van der Waals surface area (Å²) in [4.78, 5) is 19.9. The molecule has 0 aliphatic heterocycles. The molecule has 22 heavy (non-hydrogen) atoms. The van der Waals surface area contributed by atoms with E-state index in [-0.39, 0.29) is 5.78 Å². The molecular formula is C17H20N4O. The Kier molecular flexibility index (Phi) is 4.32. The van der Waals surface area contributed by atoms with Crippen molar-refractivity contribution in [1.82, 2.24) is 9.97 Å².